The van der Waals surface area contributed by atoms with Crippen molar-refractivity contribution in [2.24, 2.45) is 5.73 Å². The average Bonchev–Trinajstić information content (AvgIpc) is 2.36. The summed E-state index contributed by atoms with van der Waals surface area (Å²) < 4.78 is 9.60. The van der Waals surface area contributed by atoms with Gasteiger partial charge in [-0.3, -0.25) is 14.9 Å². The fourth-order valence-corrected chi connectivity index (χ4v) is 1.16. The molecule has 1 aromatic rings. The van der Waals surface area contributed by atoms with E-state index in [0.717, 1.165) is 0 Å². The van der Waals surface area contributed by atoms with Crippen molar-refractivity contribution in [1.29, 1.82) is 0 Å². The van der Waals surface area contributed by atoms with Crippen molar-refractivity contribution in [3.05, 3.63) is 34.4 Å². The Balaban J connectivity index is 2.60. The van der Waals surface area contributed by atoms with Crippen LogP contribution in [0.3, 0.4) is 0 Å². The summed E-state index contributed by atoms with van der Waals surface area (Å²) in [7, 11) is 0. The van der Waals surface area contributed by atoms with Crippen LogP contribution in [-0.4, -0.2) is 29.5 Å². The molecule has 8 heteroatoms. The molecule has 0 aromatic heterocycles. The maximum absolute atomic E-state index is 11.3. The Bertz CT molecular complexity index is 502. The summed E-state index contributed by atoms with van der Waals surface area (Å²) in [5.74, 6) is -1.69. The van der Waals surface area contributed by atoms with Gasteiger partial charge in [0.05, 0.1) is 4.92 Å². The number of ether oxygens (including phenoxy) is 2. The lowest BCUT2D eigenvalue weighted by Gasteiger charge is -2.10. The van der Waals surface area contributed by atoms with Gasteiger partial charge in [-0.1, -0.05) is 12.1 Å². The van der Waals surface area contributed by atoms with Crippen molar-refractivity contribution < 1.29 is 24.0 Å². The number of hydrogen-bond donors (Lipinski definition) is 1. The molecule has 0 unspecified atom stereocenters. The minimum atomic E-state index is -1.08. The van der Waals surface area contributed by atoms with Crippen LogP contribution in [0, 0.1) is 10.1 Å². The molecule has 1 atom stereocenters. The first-order valence-corrected chi connectivity index (χ1v) is 5.27. The molecule has 0 aliphatic carbocycles. The number of amides is 1. The molecule has 1 amide bonds. The molecule has 0 saturated heterocycles. The number of hydrogen-bond acceptors (Lipinski definition) is 6. The lowest BCUT2D eigenvalue weighted by atomic mass is 10.3. The Labute approximate surface area is 108 Å². The summed E-state index contributed by atoms with van der Waals surface area (Å²) in [5.41, 5.74) is 4.64. The average molecular weight is 268 g/mol. The van der Waals surface area contributed by atoms with Crippen molar-refractivity contribution in [1.82, 2.24) is 0 Å². The predicted molar refractivity (Wildman–Crippen MR) is 63.3 cm³/mol. The van der Waals surface area contributed by atoms with E-state index in [9.17, 15) is 19.7 Å². The third-order valence-electron chi connectivity index (χ3n) is 2.12. The molecule has 102 valence electrons. The van der Waals surface area contributed by atoms with Crippen LogP contribution in [0.1, 0.15) is 6.92 Å². The maximum Gasteiger partial charge on any atom is 0.344 e. The largest absolute Gasteiger partial charge is 0.475 e. The SMILES string of the molecule is C[C@H](OC(=O)COc1ccccc1[N+](=O)[O-])C(N)=O. The first-order valence-electron chi connectivity index (χ1n) is 5.27. The first-order chi connectivity index (χ1) is 8.91. The Kier molecular flexibility index (Phi) is 4.81. The van der Waals surface area contributed by atoms with E-state index in [1.807, 2.05) is 0 Å². The van der Waals surface area contributed by atoms with Crippen LogP contribution in [0.2, 0.25) is 0 Å². The Hall–Kier alpha value is -2.64. The zero-order valence-electron chi connectivity index (χ0n) is 10.1. The number of para-hydroxylation sites is 2. The fraction of sp³-hybridized carbons (Fsp3) is 0.273. The third kappa shape index (κ3) is 4.26. The summed E-state index contributed by atoms with van der Waals surface area (Å²) in [6, 6.07) is 5.59. The molecule has 0 saturated carbocycles. The van der Waals surface area contributed by atoms with Crippen molar-refractivity contribution in [3.63, 3.8) is 0 Å². The number of rotatable bonds is 6. The number of nitro groups is 1. The van der Waals surface area contributed by atoms with Gasteiger partial charge in [0.1, 0.15) is 0 Å². The molecule has 0 radical (unpaired) electrons. The van der Waals surface area contributed by atoms with E-state index in [-0.39, 0.29) is 11.4 Å². The van der Waals surface area contributed by atoms with Gasteiger partial charge < -0.3 is 15.2 Å². The number of primary amides is 1. The summed E-state index contributed by atoms with van der Waals surface area (Å²) in [6.07, 6.45) is -1.08. The van der Waals surface area contributed by atoms with Crippen LogP contribution >= 0.6 is 0 Å². The molecular formula is C11H12N2O6. The van der Waals surface area contributed by atoms with Gasteiger partial charge in [-0.05, 0) is 13.0 Å². The van der Waals surface area contributed by atoms with Crippen molar-refractivity contribution in [3.8, 4) is 5.75 Å². The molecule has 0 fully saturated rings. The second-order valence-corrected chi connectivity index (χ2v) is 3.55. The number of nitrogens with two attached hydrogens (primary N) is 1. The first kappa shape index (κ1) is 14.4. The van der Waals surface area contributed by atoms with Gasteiger partial charge in [-0.25, -0.2) is 4.79 Å². The predicted octanol–water partition coefficient (Wildman–Crippen LogP) is 0.391. The van der Waals surface area contributed by atoms with Crippen molar-refractivity contribution >= 4 is 17.6 Å². The highest BCUT2D eigenvalue weighted by atomic mass is 16.6. The molecule has 8 nitrogen and oxygen atoms in total. The highest BCUT2D eigenvalue weighted by molar-refractivity contribution is 5.82. The van der Waals surface area contributed by atoms with Crippen LogP contribution in [0.4, 0.5) is 5.69 Å². The van der Waals surface area contributed by atoms with Crippen molar-refractivity contribution in [2.45, 2.75) is 13.0 Å². The zero-order valence-corrected chi connectivity index (χ0v) is 10.1. The Morgan fingerprint density at radius 2 is 2.05 bits per heavy atom. The summed E-state index contributed by atoms with van der Waals surface area (Å²) in [6.45, 7) is 0.758. The Morgan fingerprint density at radius 3 is 2.63 bits per heavy atom. The van der Waals surface area contributed by atoms with Crippen molar-refractivity contribution in [2.75, 3.05) is 6.61 Å². The molecule has 2 N–H and O–H groups in total. The number of carbonyl (C=O) groups is 2. The van der Waals surface area contributed by atoms with Crippen LogP contribution in [0.25, 0.3) is 0 Å². The highest BCUT2D eigenvalue weighted by Crippen LogP contribution is 2.25. The van der Waals surface area contributed by atoms with Gasteiger partial charge in [-0.15, -0.1) is 0 Å². The second kappa shape index (κ2) is 6.34. The maximum atomic E-state index is 11.3. The van der Waals surface area contributed by atoms with Gasteiger partial charge >= 0.3 is 11.7 Å². The minimum Gasteiger partial charge on any atom is -0.475 e. The lowest BCUT2D eigenvalue weighted by Crippen LogP contribution is -2.32. The normalized spacial score (nSPS) is 11.4. The van der Waals surface area contributed by atoms with Gasteiger partial charge in [-0.2, -0.15) is 0 Å². The Morgan fingerprint density at radius 1 is 1.42 bits per heavy atom. The van der Waals surface area contributed by atoms with Crippen LogP contribution in [0.15, 0.2) is 24.3 Å². The van der Waals surface area contributed by atoms with Crippen LogP contribution < -0.4 is 10.5 Å². The van der Waals surface area contributed by atoms with Crippen LogP contribution in [-0.2, 0) is 14.3 Å². The molecule has 0 bridgehead atoms. The van der Waals surface area contributed by atoms with E-state index in [1.54, 1.807) is 0 Å². The van der Waals surface area contributed by atoms with Gasteiger partial charge in [0.2, 0.25) is 0 Å². The van der Waals surface area contributed by atoms with Gasteiger partial charge in [0.15, 0.2) is 18.5 Å². The number of nitro benzene ring substituents is 1. The van der Waals surface area contributed by atoms with E-state index in [0.29, 0.717) is 0 Å². The monoisotopic (exact) mass is 268 g/mol. The van der Waals surface area contributed by atoms with E-state index < -0.39 is 29.5 Å². The topological polar surface area (TPSA) is 122 Å². The summed E-state index contributed by atoms with van der Waals surface area (Å²) >= 11 is 0. The summed E-state index contributed by atoms with van der Waals surface area (Å²) in [5, 5.41) is 10.7. The van der Waals surface area contributed by atoms with E-state index >= 15 is 0 Å². The molecule has 0 aliphatic heterocycles. The molecule has 1 aromatic carbocycles. The quantitative estimate of drug-likeness (QED) is 0.452. The second-order valence-electron chi connectivity index (χ2n) is 3.55. The summed E-state index contributed by atoms with van der Waals surface area (Å²) in [4.78, 5) is 32.0. The van der Waals surface area contributed by atoms with Crippen LogP contribution in [0.5, 0.6) is 5.75 Å². The van der Waals surface area contributed by atoms with Gasteiger partial charge in [0, 0.05) is 6.07 Å². The van der Waals surface area contributed by atoms with Gasteiger partial charge in [0.25, 0.3) is 5.91 Å². The smallest absolute Gasteiger partial charge is 0.344 e. The number of nitrogens with zero attached hydrogens (tertiary/aromatic N) is 1. The van der Waals surface area contributed by atoms with E-state index in [2.05, 4.69) is 4.74 Å². The zero-order chi connectivity index (χ0) is 14.4. The van der Waals surface area contributed by atoms with E-state index in [4.69, 9.17) is 10.5 Å². The standard InChI is InChI=1S/C11H12N2O6/c1-7(11(12)15)19-10(14)6-18-9-5-3-2-4-8(9)13(16)17/h2-5,7H,6H2,1H3,(H2,12,15)/t7-/m0/s1. The third-order valence-corrected chi connectivity index (χ3v) is 2.12. The molecule has 0 spiro atoms. The fourth-order valence-electron chi connectivity index (χ4n) is 1.16. The number of benzene rings is 1. The lowest BCUT2D eigenvalue weighted by molar-refractivity contribution is -0.385. The molecule has 1 rings (SSSR count). The highest BCUT2D eigenvalue weighted by Gasteiger charge is 2.18. The molecular weight excluding hydrogens is 256 g/mol. The molecule has 0 aliphatic rings. The molecule has 19 heavy (non-hydrogen) atoms. The van der Waals surface area contributed by atoms with E-state index in [1.165, 1.54) is 31.2 Å². The minimum absolute atomic E-state index is 0.0591. The number of carbonyl (C=O) groups excluding carboxylic acids is 2. The molecule has 0 heterocycles. The number of esters is 1.